The maximum absolute atomic E-state index is 4.33. The fraction of sp³-hybridized carbons (Fsp3) is 0.500. The van der Waals surface area contributed by atoms with Gasteiger partial charge in [-0.05, 0) is 26.3 Å². The summed E-state index contributed by atoms with van der Waals surface area (Å²) in [7, 11) is 1.95. The molecule has 0 aromatic carbocycles. The van der Waals surface area contributed by atoms with E-state index in [1.807, 2.05) is 28.8 Å². The first kappa shape index (κ1) is 11.7. The molecule has 2 aromatic heterocycles. The summed E-state index contributed by atoms with van der Waals surface area (Å²) in [6, 6.07) is 0. The molecule has 5 nitrogen and oxygen atoms in total. The number of nitrogens with zero attached hydrogens (tertiary/aromatic N) is 4. The van der Waals surface area contributed by atoms with Crippen LogP contribution < -0.4 is 5.32 Å². The Balaban J connectivity index is 2.12. The van der Waals surface area contributed by atoms with Gasteiger partial charge in [0.05, 0.1) is 36.0 Å². The third-order valence-corrected chi connectivity index (χ3v) is 3.14. The van der Waals surface area contributed by atoms with Crippen molar-refractivity contribution in [2.75, 3.05) is 5.32 Å². The Kier molecular flexibility index (Phi) is 3.17. The number of nitrogens with one attached hydrogen (secondary N) is 1. The predicted molar refractivity (Wildman–Crippen MR) is 67.9 cm³/mol. The van der Waals surface area contributed by atoms with Crippen molar-refractivity contribution in [2.24, 2.45) is 7.05 Å². The summed E-state index contributed by atoms with van der Waals surface area (Å²) in [4.78, 5) is 0. The zero-order valence-corrected chi connectivity index (χ0v) is 10.9. The number of hydrogen-bond acceptors (Lipinski definition) is 3. The van der Waals surface area contributed by atoms with Crippen LogP contribution in [-0.2, 0) is 20.1 Å². The summed E-state index contributed by atoms with van der Waals surface area (Å²) in [6.45, 7) is 7.93. The summed E-state index contributed by atoms with van der Waals surface area (Å²) < 4.78 is 3.89. The van der Waals surface area contributed by atoms with Gasteiger partial charge in [0.15, 0.2) is 0 Å². The van der Waals surface area contributed by atoms with Crippen LogP contribution in [0, 0.1) is 13.8 Å². The normalized spacial score (nSPS) is 10.8. The third kappa shape index (κ3) is 2.18. The maximum atomic E-state index is 4.33. The van der Waals surface area contributed by atoms with Gasteiger partial charge in [0.25, 0.3) is 0 Å². The first-order valence-corrected chi connectivity index (χ1v) is 5.87. The van der Waals surface area contributed by atoms with Crippen LogP contribution in [0.1, 0.15) is 23.9 Å². The summed E-state index contributed by atoms with van der Waals surface area (Å²) in [5, 5.41) is 12.0. The Morgan fingerprint density at radius 1 is 1.24 bits per heavy atom. The van der Waals surface area contributed by atoms with Crippen LogP contribution >= 0.6 is 0 Å². The molecule has 0 radical (unpaired) electrons. The molecule has 2 rings (SSSR count). The lowest BCUT2D eigenvalue weighted by molar-refractivity contribution is 0.626. The molecule has 1 N–H and O–H groups in total. The van der Waals surface area contributed by atoms with Gasteiger partial charge in [0.1, 0.15) is 0 Å². The van der Waals surface area contributed by atoms with Gasteiger partial charge in [0, 0.05) is 13.6 Å². The van der Waals surface area contributed by atoms with Gasteiger partial charge in [-0.2, -0.15) is 10.2 Å². The Morgan fingerprint density at radius 3 is 2.59 bits per heavy atom. The first-order valence-electron chi connectivity index (χ1n) is 5.87. The van der Waals surface area contributed by atoms with E-state index in [4.69, 9.17) is 0 Å². The zero-order chi connectivity index (χ0) is 12.4. The summed E-state index contributed by atoms with van der Waals surface area (Å²) in [6.07, 6.45) is 3.77. The van der Waals surface area contributed by atoms with Gasteiger partial charge in [-0.25, -0.2) is 0 Å². The second kappa shape index (κ2) is 4.61. The van der Waals surface area contributed by atoms with Crippen molar-refractivity contribution in [1.82, 2.24) is 19.6 Å². The summed E-state index contributed by atoms with van der Waals surface area (Å²) in [5.74, 6) is 0. The molecule has 0 saturated heterocycles. The fourth-order valence-electron chi connectivity index (χ4n) is 1.86. The highest BCUT2D eigenvalue weighted by Gasteiger charge is 2.08. The van der Waals surface area contributed by atoms with Crippen LogP contribution in [0.25, 0.3) is 0 Å². The molecule has 5 heteroatoms. The Hall–Kier alpha value is -1.78. The molecular formula is C12H19N5. The molecule has 0 bridgehead atoms. The largest absolute Gasteiger partial charge is 0.377 e. The maximum Gasteiger partial charge on any atom is 0.0759 e. The van der Waals surface area contributed by atoms with Crippen molar-refractivity contribution in [2.45, 2.75) is 33.9 Å². The molecule has 17 heavy (non-hydrogen) atoms. The molecule has 0 fully saturated rings. The molecule has 0 spiro atoms. The molecular weight excluding hydrogens is 214 g/mol. The van der Waals surface area contributed by atoms with Crippen LogP contribution in [0.4, 0.5) is 5.69 Å². The molecule has 0 aliphatic carbocycles. The molecule has 0 saturated carbocycles. The van der Waals surface area contributed by atoms with E-state index >= 15 is 0 Å². The molecule has 2 heterocycles. The van der Waals surface area contributed by atoms with E-state index in [0.29, 0.717) is 0 Å². The van der Waals surface area contributed by atoms with Crippen molar-refractivity contribution in [3.63, 3.8) is 0 Å². The highest BCUT2D eigenvalue weighted by atomic mass is 15.3. The lowest BCUT2D eigenvalue weighted by Gasteiger charge is -2.08. The molecule has 92 valence electrons. The lowest BCUT2D eigenvalue weighted by atomic mass is 10.2. The standard InChI is InChI=1S/C12H19N5/c1-5-17-12(9(2)6-15-17)8-13-11-7-14-16(4)10(11)3/h6-7,13H,5,8H2,1-4H3. The van der Waals surface area contributed by atoms with Crippen LogP contribution in [0.2, 0.25) is 0 Å². The topological polar surface area (TPSA) is 47.7 Å². The molecule has 0 atom stereocenters. The average molecular weight is 233 g/mol. The number of rotatable bonds is 4. The van der Waals surface area contributed by atoms with Crippen LogP contribution in [-0.4, -0.2) is 19.6 Å². The first-order chi connectivity index (χ1) is 8.13. The minimum Gasteiger partial charge on any atom is -0.377 e. The van der Waals surface area contributed by atoms with Gasteiger partial charge in [-0.3, -0.25) is 9.36 Å². The van der Waals surface area contributed by atoms with Crippen LogP contribution in [0.15, 0.2) is 12.4 Å². The minimum atomic E-state index is 0.784. The molecule has 0 unspecified atom stereocenters. The van der Waals surface area contributed by atoms with Crippen LogP contribution in [0.5, 0.6) is 0 Å². The number of anilines is 1. The average Bonchev–Trinajstić information content (AvgIpc) is 2.83. The smallest absolute Gasteiger partial charge is 0.0759 e. The molecule has 0 aliphatic rings. The Morgan fingerprint density at radius 2 is 2.00 bits per heavy atom. The monoisotopic (exact) mass is 233 g/mol. The van der Waals surface area contributed by atoms with Gasteiger partial charge >= 0.3 is 0 Å². The second-order valence-electron chi connectivity index (χ2n) is 4.21. The van der Waals surface area contributed by atoms with Crippen molar-refractivity contribution in [3.05, 3.63) is 29.3 Å². The SMILES string of the molecule is CCn1ncc(C)c1CNc1cnn(C)c1C. The van der Waals surface area contributed by atoms with Gasteiger partial charge in [0.2, 0.25) is 0 Å². The third-order valence-electron chi connectivity index (χ3n) is 3.14. The molecule has 2 aromatic rings. The second-order valence-corrected chi connectivity index (χ2v) is 4.21. The van der Waals surface area contributed by atoms with Crippen molar-refractivity contribution in [1.29, 1.82) is 0 Å². The summed E-state index contributed by atoms with van der Waals surface area (Å²) in [5.41, 5.74) is 4.68. The van der Waals surface area contributed by atoms with Crippen molar-refractivity contribution in [3.8, 4) is 0 Å². The number of aromatic nitrogens is 4. The van der Waals surface area contributed by atoms with Crippen molar-refractivity contribution < 1.29 is 0 Å². The highest BCUT2D eigenvalue weighted by Crippen LogP contribution is 2.15. The van der Waals surface area contributed by atoms with Gasteiger partial charge in [-0.15, -0.1) is 0 Å². The van der Waals surface area contributed by atoms with E-state index in [0.717, 1.165) is 24.5 Å². The highest BCUT2D eigenvalue weighted by molar-refractivity contribution is 5.46. The van der Waals surface area contributed by atoms with Gasteiger partial charge < -0.3 is 5.32 Å². The van der Waals surface area contributed by atoms with E-state index < -0.39 is 0 Å². The van der Waals surface area contributed by atoms with E-state index in [1.54, 1.807) is 0 Å². The van der Waals surface area contributed by atoms with Crippen LogP contribution in [0.3, 0.4) is 0 Å². The fourth-order valence-corrected chi connectivity index (χ4v) is 1.86. The Labute approximate surface area is 101 Å². The quantitative estimate of drug-likeness (QED) is 0.877. The molecule has 0 amide bonds. The van der Waals surface area contributed by atoms with E-state index in [-0.39, 0.29) is 0 Å². The van der Waals surface area contributed by atoms with E-state index in [9.17, 15) is 0 Å². The van der Waals surface area contributed by atoms with Gasteiger partial charge in [-0.1, -0.05) is 0 Å². The zero-order valence-electron chi connectivity index (χ0n) is 10.9. The Bertz CT molecular complexity index is 509. The predicted octanol–water partition coefficient (Wildman–Crippen LogP) is 1.87. The lowest BCUT2D eigenvalue weighted by Crippen LogP contribution is -2.09. The van der Waals surface area contributed by atoms with Crippen molar-refractivity contribution >= 4 is 5.69 Å². The molecule has 0 aliphatic heterocycles. The van der Waals surface area contributed by atoms with E-state index in [1.165, 1.54) is 11.3 Å². The minimum absolute atomic E-state index is 0.784. The number of aryl methyl sites for hydroxylation is 3. The van der Waals surface area contributed by atoms with E-state index in [2.05, 4.69) is 36.3 Å². The number of hydrogen-bond donors (Lipinski definition) is 1. The summed E-state index contributed by atoms with van der Waals surface area (Å²) >= 11 is 0.